The van der Waals surface area contributed by atoms with E-state index in [0.29, 0.717) is 6.54 Å². The highest BCUT2D eigenvalue weighted by atomic mass is 16.3. The fourth-order valence-corrected chi connectivity index (χ4v) is 3.64. The third kappa shape index (κ3) is 2.07. The normalized spacial score (nSPS) is 38.6. The fraction of sp³-hybridized carbons (Fsp3) is 1.00. The highest BCUT2D eigenvalue weighted by molar-refractivity contribution is 4.95. The minimum absolute atomic E-state index is 0.279. The maximum atomic E-state index is 10.5. The molecule has 0 radical (unpaired) electrons. The number of hydrogen-bond donors (Lipinski definition) is 2. The van der Waals surface area contributed by atoms with Crippen molar-refractivity contribution in [1.29, 1.82) is 0 Å². The molecule has 0 spiro atoms. The van der Waals surface area contributed by atoms with Crippen LogP contribution in [0.4, 0.5) is 0 Å². The van der Waals surface area contributed by atoms with Crippen LogP contribution in [0, 0.1) is 23.7 Å². The molecule has 88 valence electrons. The molecule has 2 bridgehead atoms. The molecule has 0 aromatic heterocycles. The molecule has 2 heteroatoms. The number of aliphatic hydroxyl groups is 1. The van der Waals surface area contributed by atoms with Crippen LogP contribution in [0.3, 0.4) is 0 Å². The van der Waals surface area contributed by atoms with Crippen LogP contribution < -0.4 is 5.73 Å². The lowest BCUT2D eigenvalue weighted by Crippen LogP contribution is -2.45. The molecule has 4 unspecified atom stereocenters. The van der Waals surface area contributed by atoms with E-state index in [4.69, 9.17) is 5.73 Å². The van der Waals surface area contributed by atoms with Crippen molar-refractivity contribution in [2.45, 2.75) is 51.6 Å². The molecule has 0 heterocycles. The Balaban J connectivity index is 1.96. The summed E-state index contributed by atoms with van der Waals surface area (Å²) >= 11 is 0. The van der Waals surface area contributed by atoms with Gasteiger partial charge in [0.15, 0.2) is 0 Å². The van der Waals surface area contributed by atoms with Crippen LogP contribution in [0.25, 0.3) is 0 Å². The van der Waals surface area contributed by atoms with Gasteiger partial charge in [-0.25, -0.2) is 0 Å². The Bertz CT molecular complexity index is 229. The van der Waals surface area contributed by atoms with E-state index in [1.165, 1.54) is 25.7 Å². The molecular formula is C13H25NO. The van der Waals surface area contributed by atoms with Crippen molar-refractivity contribution in [2.24, 2.45) is 29.4 Å². The Hall–Kier alpha value is -0.0800. The highest BCUT2D eigenvalue weighted by Gasteiger charge is 2.43. The smallest absolute Gasteiger partial charge is 0.0794 e. The molecule has 4 atom stereocenters. The van der Waals surface area contributed by atoms with Crippen molar-refractivity contribution in [2.75, 3.05) is 6.54 Å². The summed E-state index contributed by atoms with van der Waals surface area (Å²) in [5.41, 5.74) is 5.12. The second-order valence-corrected chi connectivity index (χ2v) is 6.10. The predicted octanol–water partition coefficient (Wildman–Crippen LogP) is 2.16. The fourth-order valence-electron chi connectivity index (χ4n) is 3.64. The lowest BCUT2D eigenvalue weighted by Gasteiger charge is -2.36. The second kappa shape index (κ2) is 4.06. The molecule has 0 saturated heterocycles. The zero-order chi connectivity index (χ0) is 11.1. The third-order valence-electron chi connectivity index (χ3n) is 4.93. The van der Waals surface area contributed by atoms with Gasteiger partial charge in [-0.05, 0) is 49.4 Å². The van der Waals surface area contributed by atoms with E-state index in [1.807, 2.05) is 0 Å². The van der Waals surface area contributed by atoms with E-state index in [-0.39, 0.29) is 5.92 Å². The first kappa shape index (κ1) is 11.4. The molecule has 0 aromatic rings. The van der Waals surface area contributed by atoms with Gasteiger partial charge in [-0.2, -0.15) is 0 Å². The first-order chi connectivity index (χ1) is 7.05. The maximum Gasteiger partial charge on any atom is 0.0794 e. The van der Waals surface area contributed by atoms with Gasteiger partial charge in [0.25, 0.3) is 0 Å². The van der Waals surface area contributed by atoms with E-state index < -0.39 is 5.60 Å². The first-order valence-electron chi connectivity index (χ1n) is 6.47. The molecule has 0 aliphatic heterocycles. The van der Waals surface area contributed by atoms with Gasteiger partial charge in [-0.3, -0.25) is 0 Å². The quantitative estimate of drug-likeness (QED) is 0.748. The van der Waals surface area contributed by atoms with Crippen LogP contribution in [-0.2, 0) is 0 Å². The Morgan fingerprint density at radius 2 is 2.07 bits per heavy atom. The minimum Gasteiger partial charge on any atom is -0.388 e. The van der Waals surface area contributed by atoms with Gasteiger partial charge >= 0.3 is 0 Å². The largest absolute Gasteiger partial charge is 0.388 e. The number of rotatable bonds is 4. The van der Waals surface area contributed by atoms with Crippen LogP contribution >= 0.6 is 0 Å². The molecule has 0 amide bonds. The Kier molecular flexibility index (Phi) is 3.09. The predicted molar refractivity (Wildman–Crippen MR) is 62.4 cm³/mol. The van der Waals surface area contributed by atoms with Crippen molar-refractivity contribution in [3.05, 3.63) is 0 Å². The summed E-state index contributed by atoms with van der Waals surface area (Å²) < 4.78 is 0. The molecule has 2 aliphatic carbocycles. The molecule has 2 fully saturated rings. The molecule has 2 aliphatic rings. The molecule has 2 nitrogen and oxygen atoms in total. The summed E-state index contributed by atoms with van der Waals surface area (Å²) in [6.45, 7) is 4.58. The van der Waals surface area contributed by atoms with Gasteiger partial charge < -0.3 is 10.8 Å². The van der Waals surface area contributed by atoms with E-state index in [1.54, 1.807) is 0 Å². The number of hydrogen-bond acceptors (Lipinski definition) is 2. The summed E-state index contributed by atoms with van der Waals surface area (Å²) in [5, 5.41) is 10.5. The molecule has 15 heavy (non-hydrogen) atoms. The van der Waals surface area contributed by atoms with Crippen molar-refractivity contribution < 1.29 is 5.11 Å². The summed E-state index contributed by atoms with van der Waals surface area (Å²) in [6, 6.07) is 0. The highest BCUT2D eigenvalue weighted by Crippen LogP contribution is 2.51. The third-order valence-corrected chi connectivity index (χ3v) is 4.93. The van der Waals surface area contributed by atoms with Crippen molar-refractivity contribution in [3.8, 4) is 0 Å². The van der Waals surface area contributed by atoms with Crippen LogP contribution in [0.5, 0.6) is 0 Å². The van der Waals surface area contributed by atoms with E-state index >= 15 is 0 Å². The lowest BCUT2D eigenvalue weighted by atomic mass is 9.76. The maximum absolute atomic E-state index is 10.5. The van der Waals surface area contributed by atoms with Gasteiger partial charge in [-0.1, -0.05) is 20.3 Å². The Morgan fingerprint density at radius 3 is 2.47 bits per heavy atom. The van der Waals surface area contributed by atoms with Crippen molar-refractivity contribution >= 4 is 0 Å². The van der Waals surface area contributed by atoms with Gasteiger partial charge in [0.1, 0.15) is 0 Å². The summed E-state index contributed by atoms with van der Waals surface area (Å²) in [4.78, 5) is 0. The first-order valence-corrected chi connectivity index (χ1v) is 6.47. The summed E-state index contributed by atoms with van der Waals surface area (Å²) in [7, 11) is 0. The minimum atomic E-state index is -0.616. The Labute approximate surface area is 93.2 Å². The zero-order valence-electron chi connectivity index (χ0n) is 10.1. The number of nitrogens with two attached hydrogens (primary N) is 1. The number of fused-ring (bicyclic) bond motifs is 2. The van der Waals surface area contributed by atoms with E-state index in [0.717, 1.165) is 24.2 Å². The standard InChI is InChI=1S/C13H25NO/c1-9(2)13(15,8-14)7-12-6-10-3-4-11(12)5-10/h9-12,15H,3-8,14H2,1-2H3. The van der Waals surface area contributed by atoms with Gasteiger partial charge in [0.2, 0.25) is 0 Å². The molecule has 3 N–H and O–H groups in total. The van der Waals surface area contributed by atoms with Crippen molar-refractivity contribution in [1.82, 2.24) is 0 Å². The monoisotopic (exact) mass is 211 g/mol. The topological polar surface area (TPSA) is 46.2 Å². The average molecular weight is 211 g/mol. The lowest BCUT2D eigenvalue weighted by molar-refractivity contribution is -0.0250. The summed E-state index contributed by atoms with van der Waals surface area (Å²) in [5.74, 6) is 2.89. The summed E-state index contributed by atoms with van der Waals surface area (Å²) in [6.07, 6.45) is 6.53. The SMILES string of the molecule is CC(C)C(O)(CN)CC1CC2CCC1C2. The van der Waals surface area contributed by atoms with Gasteiger partial charge in [0.05, 0.1) is 5.60 Å². The Morgan fingerprint density at radius 1 is 1.33 bits per heavy atom. The van der Waals surface area contributed by atoms with Gasteiger partial charge in [-0.15, -0.1) is 0 Å². The zero-order valence-corrected chi connectivity index (χ0v) is 10.1. The molecule has 2 rings (SSSR count). The van der Waals surface area contributed by atoms with Crippen LogP contribution in [0.2, 0.25) is 0 Å². The van der Waals surface area contributed by atoms with Crippen LogP contribution in [0.1, 0.15) is 46.0 Å². The second-order valence-electron chi connectivity index (χ2n) is 6.10. The van der Waals surface area contributed by atoms with Crippen LogP contribution in [0.15, 0.2) is 0 Å². The average Bonchev–Trinajstić information content (AvgIpc) is 2.78. The molecule has 0 aromatic carbocycles. The van der Waals surface area contributed by atoms with E-state index in [2.05, 4.69) is 13.8 Å². The van der Waals surface area contributed by atoms with Crippen molar-refractivity contribution in [3.63, 3.8) is 0 Å². The van der Waals surface area contributed by atoms with E-state index in [9.17, 15) is 5.11 Å². The van der Waals surface area contributed by atoms with Crippen LogP contribution in [-0.4, -0.2) is 17.3 Å². The molecule has 2 saturated carbocycles. The van der Waals surface area contributed by atoms with Gasteiger partial charge in [0, 0.05) is 6.54 Å². The molecular weight excluding hydrogens is 186 g/mol.